The topological polar surface area (TPSA) is 63.6 Å². The lowest BCUT2D eigenvalue weighted by Crippen LogP contribution is -2.30. The third-order valence-corrected chi connectivity index (χ3v) is 6.75. The fourth-order valence-electron chi connectivity index (χ4n) is 4.32. The number of imide groups is 1. The van der Waals surface area contributed by atoms with Crippen molar-refractivity contribution in [2.45, 2.75) is 20.5 Å². The van der Waals surface area contributed by atoms with Gasteiger partial charge >= 0.3 is 6.03 Å². The standard InChI is InChI=1S/C29H23Cl2N3O3/c1-18-14-21(15-27-28(35)34(29(36)32-27)23-6-4-3-5-7-23)19(2)33(18)24-10-12-25(13-11-24)37-17-20-8-9-22(30)16-26(20)31/h3-16H,17H2,1-2H3,(H,32,36)/b27-15+. The van der Waals surface area contributed by atoms with E-state index in [1.54, 1.807) is 42.5 Å². The second kappa shape index (κ2) is 10.2. The first-order valence-corrected chi connectivity index (χ1v) is 12.4. The number of urea groups is 1. The number of hydrogen-bond acceptors (Lipinski definition) is 3. The molecule has 37 heavy (non-hydrogen) atoms. The van der Waals surface area contributed by atoms with E-state index in [0.29, 0.717) is 28.1 Å². The van der Waals surface area contributed by atoms with Crippen LogP contribution in [-0.2, 0) is 11.4 Å². The summed E-state index contributed by atoms with van der Waals surface area (Å²) in [5.74, 6) is 0.322. The number of carbonyl (C=O) groups excluding carboxylic acids is 2. The Morgan fingerprint density at radius 1 is 0.892 bits per heavy atom. The molecule has 0 radical (unpaired) electrons. The SMILES string of the molecule is Cc1cc(/C=C2/NC(=O)N(c3ccccc3)C2=O)c(C)n1-c1ccc(OCc2ccc(Cl)cc2Cl)cc1. The van der Waals surface area contributed by atoms with Crippen molar-refractivity contribution in [2.24, 2.45) is 0 Å². The summed E-state index contributed by atoms with van der Waals surface area (Å²) in [7, 11) is 0. The van der Waals surface area contributed by atoms with Gasteiger partial charge in [-0.25, -0.2) is 9.69 Å². The number of rotatable bonds is 6. The molecule has 1 saturated heterocycles. The van der Waals surface area contributed by atoms with Gasteiger partial charge in [0.15, 0.2) is 0 Å². The number of benzene rings is 3. The second-order valence-corrected chi connectivity index (χ2v) is 9.49. The molecule has 186 valence electrons. The summed E-state index contributed by atoms with van der Waals surface area (Å²) in [6.07, 6.45) is 1.72. The van der Waals surface area contributed by atoms with Crippen molar-refractivity contribution in [1.29, 1.82) is 0 Å². The molecule has 0 atom stereocenters. The van der Waals surface area contributed by atoms with Gasteiger partial charge in [-0.15, -0.1) is 0 Å². The van der Waals surface area contributed by atoms with Crippen molar-refractivity contribution in [3.8, 4) is 11.4 Å². The lowest BCUT2D eigenvalue weighted by Gasteiger charge is -2.12. The molecule has 1 aromatic heterocycles. The zero-order valence-corrected chi connectivity index (χ0v) is 21.7. The number of para-hydroxylation sites is 1. The van der Waals surface area contributed by atoms with Crippen molar-refractivity contribution in [3.63, 3.8) is 0 Å². The van der Waals surface area contributed by atoms with E-state index < -0.39 is 6.03 Å². The van der Waals surface area contributed by atoms with E-state index in [-0.39, 0.29) is 11.6 Å². The van der Waals surface area contributed by atoms with Gasteiger partial charge in [-0.05, 0) is 80.1 Å². The van der Waals surface area contributed by atoms with Gasteiger partial charge in [0.25, 0.3) is 5.91 Å². The smallest absolute Gasteiger partial charge is 0.333 e. The summed E-state index contributed by atoms with van der Waals surface area (Å²) in [5.41, 5.74) is 5.33. The number of aryl methyl sites for hydroxylation is 1. The minimum Gasteiger partial charge on any atom is -0.489 e. The van der Waals surface area contributed by atoms with Gasteiger partial charge in [0, 0.05) is 32.7 Å². The largest absolute Gasteiger partial charge is 0.489 e. The Morgan fingerprint density at radius 3 is 2.32 bits per heavy atom. The van der Waals surface area contributed by atoms with Crippen LogP contribution < -0.4 is 15.0 Å². The van der Waals surface area contributed by atoms with E-state index in [9.17, 15) is 9.59 Å². The molecule has 4 aromatic rings. The second-order valence-electron chi connectivity index (χ2n) is 8.64. The fraction of sp³-hybridized carbons (Fsp3) is 0.103. The Balaban J connectivity index is 1.35. The fourth-order valence-corrected chi connectivity index (χ4v) is 4.79. The van der Waals surface area contributed by atoms with E-state index in [2.05, 4.69) is 9.88 Å². The molecule has 5 rings (SSSR count). The summed E-state index contributed by atoms with van der Waals surface area (Å²) < 4.78 is 7.98. The third kappa shape index (κ3) is 4.99. The molecular formula is C29H23Cl2N3O3. The zero-order valence-electron chi connectivity index (χ0n) is 20.2. The number of carbonyl (C=O) groups is 2. The van der Waals surface area contributed by atoms with Crippen LogP contribution in [0.2, 0.25) is 10.0 Å². The Kier molecular flexibility index (Phi) is 6.78. The number of amides is 3. The number of aromatic nitrogens is 1. The van der Waals surface area contributed by atoms with E-state index in [1.807, 2.05) is 56.3 Å². The minimum atomic E-state index is -0.466. The van der Waals surface area contributed by atoms with Gasteiger partial charge in [-0.2, -0.15) is 0 Å². The van der Waals surface area contributed by atoms with Gasteiger partial charge in [-0.3, -0.25) is 4.79 Å². The number of anilines is 1. The van der Waals surface area contributed by atoms with Crippen LogP contribution in [0.4, 0.5) is 10.5 Å². The van der Waals surface area contributed by atoms with Crippen molar-refractivity contribution in [2.75, 3.05) is 4.90 Å². The van der Waals surface area contributed by atoms with Crippen LogP contribution >= 0.6 is 23.2 Å². The number of ether oxygens (including phenoxy) is 1. The molecular weight excluding hydrogens is 509 g/mol. The van der Waals surface area contributed by atoms with E-state index in [4.69, 9.17) is 27.9 Å². The van der Waals surface area contributed by atoms with Crippen molar-refractivity contribution < 1.29 is 14.3 Å². The predicted molar refractivity (Wildman–Crippen MR) is 146 cm³/mol. The molecule has 0 spiro atoms. The highest BCUT2D eigenvalue weighted by atomic mass is 35.5. The molecule has 8 heteroatoms. The molecule has 1 aliphatic rings. The van der Waals surface area contributed by atoms with Gasteiger partial charge < -0.3 is 14.6 Å². The molecule has 6 nitrogen and oxygen atoms in total. The molecule has 1 fully saturated rings. The molecule has 1 N–H and O–H groups in total. The molecule has 2 heterocycles. The van der Waals surface area contributed by atoms with Gasteiger partial charge in [-0.1, -0.05) is 47.5 Å². The summed E-state index contributed by atoms with van der Waals surface area (Å²) >= 11 is 12.2. The van der Waals surface area contributed by atoms with E-state index in [0.717, 1.165) is 33.1 Å². The van der Waals surface area contributed by atoms with Crippen LogP contribution in [0.3, 0.4) is 0 Å². The number of halogens is 2. The molecule has 3 aromatic carbocycles. The van der Waals surface area contributed by atoms with Crippen molar-refractivity contribution in [1.82, 2.24) is 9.88 Å². The highest BCUT2D eigenvalue weighted by Crippen LogP contribution is 2.28. The Morgan fingerprint density at radius 2 is 1.62 bits per heavy atom. The van der Waals surface area contributed by atoms with Crippen molar-refractivity contribution >= 4 is 46.9 Å². The highest BCUT2D eigenvalue weighted by molar-refractivity contribution is 6.35. The maximum atomic E-state index is 13.0. The molecule has 0 aliphatic carbocycles. The van der Waals surface area contributed by atoms with E-state index >= 15 is 0 Å². The Labute approximate surface area is 224 Å². The minimum absolute atomic E-state index is 0.235. The third-order valence-electron chi connectivity index (χ3n) is 6.17. The quantitative estimate of drug-likeness (QED) is 0.213. The first-order chi connectivity index (χ1) is 17.8. The van der Waals surface area contributed by atoms with Crippen LogP contribution in [0.1, 0.15) is 22.5 Å². The van der Waals surface area contributed by atoms with Crippen LogP contribution in [0, 0.1) is 13.8 Å². The summed E-state index contributed by atoms with van der Waals surface area (Å²) in [6.45, 7) is 4.30. The van der Waals surface area contributed by atoms with Crippen LogP contribution in [0.5, 0.6) is 5.75 Å². The lowest BCUT2D eigenvalue weighted by atomic mass is 10.2. The van der Waals surface area contributed by atoms with E-state index in [1.165, 1.54) is 0 Å². The lowest BCUT2D eigenvalue weighted by molar-refractivity contribution is -0.113. The average molecular weight is 532 g/mol. The number of nitrogens with one attached hydrogen (secondary N) is 1. The molecule has 0 saturated carbocycles. The summed E-state index contributed by atoms with van der Waals surface area (Å²) in [6, 6.07) is 23.4. The van der Waals surface area contributed by atoms with Gasteiger partial charge in [0.05, 0.1) is 5.69 Å². The molecule has 1 aliphatic heterocycles. The maximum absolute atomic E-state index is 13.0. The molecule has 3 amide bonds. The Hall–Kier alpha value is -4.00. The normalized spacial score (nSPS) is 14.4. The van der Waals surface area contributed by atoms with Gasteiger partial charge in [0.1, 0.15) is 18.1 Å². The zero-order chi connectivity index (χ0) is 26.1. The molecule has 0 unspecified atom stereocenters. The number of nitrogens with zero attached hydrogens (tertiary/aromatic N) is 2. The average Bonchev–Trinajstić information content (AvgIpc) is 3.32. The predicted octanol–water partition coefficient (Wildman–Crippen LogP) is 7.08. The van der Waals surface area contributed by atoms with Crippen LogP contribution in [0.15, 0.2) is 84.6 Å². The van der Waals surface area contributed by atoms with Gasteiger partial charge in [0.2, 0.25) is 0 Å². The van der Waals surface area contributed by atoms with Crippen LogP contribution in [-0.4, -0.2) is 16.5 Å². The summed E-state index contributed by atoms with van der Waals surface area (Å²) in [5, 5.41) is 3.84. The Bertz CT molecular complexity index is 1530. The van der Waals surface area contributed by atoms with Crippen molar-refractivity contribution in [3.05, 3.63) is 117 Å². The number of hydrogen-bond donors (Lipinski definition) is 1. The highest BCUT2D eigenvalue weighted by Gasteiger charge is 2.35. The maximum Gasteiger partial charge on any atom is 0.333 e. The first-order valence-electron chi connectivity index (χ1n) is 11.6. The summed E-state index contributed by atoms with van der Waals surface area (Å²) in [4.78, 5) is 26.6. The monoisotopic (exact) mass is 531 g/mol. The first kappa shape index (κ1) is 24.7. The molecule has 0 bridgehead atoms. The van der Waals surface area contributed by atoms with Crippen LogP contribution in [0.25, 0.3) is 11.8 Å².